The molecule has 1 fully saturated rings. The summed E-state index contributed by atoms with van der Waals surface area (Å²) in [4.78, 5) is 22.1. The van der Waals surface area contributed by atoms with Crippen LogP contribution in [0.1, 0.15) is 6.23 Å². The summed E-state index contributed by atoms with van der Waals surface area (Å²) in [6, 6.07) is 0. The summed E-state index contributed by atoms with van der Waals surface area (Å²) in [6.07, 6.45) is -1.53. The fourth-order valence-corrected chi connectivity index (χ4v) is 2.29. The normalized spacial score (nSPS) is 28.9. The van der Waals surface area contributed by atoms with Gasteiger partial charge in [-0.05, 0) is 0 Å². The summed E-state index contributed by atoms with van der Waals surface area (Å²) in [7, 11) is 0. The molecule has 2 aromatic heterocycles. The minimum absolute atomic E-state index is 0.165. The number of fused-ring (bicyclic) bond motifs is 1. The lowest BCUT2D eigenvalue weighted by molar-refractivity contribution is -0.135. The molecule has 1 saturated heterocycles. The Kier molecular flexibility index (Phi) is 3.41. The van der Waals surface area contributed by atoms with E-state index in [4.69, 9.17) is 10.5 Å². The summed E-state index contributed by atoms with van der Waals surface area (Å²) < 4.78 is 11.5. The van der Waals surface area contributed by atoms with Gasteiger partial charge in [-0.15, -0.1) is 0 Å². The molecule has 0 saturated carbocycles. The summed E-state index contributed by atoms with van der Waals surface area (Å²) in [5.41, 5.74) is 6.43. The largest absolute Gasteiger partial charge is 0.465 e. The van der Waals surface area contributed by atoms with Gasteiger partial charge in [-0.3, -0.25) is 9.36 Å². The van der Waals surface area contributed by atoms with Crippen LogP contribution >= 0.6 is 0 Å². The number of carbonyl (C=O) groups is 1. The standard InChI is InChI=1S/C11H13N5O5/c12-9-6-10(14-2-13-9)16(3-15-6)11-8(19)7(18)5(21-11)1-20-4-17/h2-5,7-8,11,18-19H,1H2,(H2,12,13,14)/t5-,7+,8-,11+/m0/s1. The monoisotopic (exact) mass is 295 g/mol. The van der Waals surface area contributed by atoms with Crippen LogP contribution in [-0.2, 0) is 14.3 Å². The number of anilines is 1. The van der Waals surface area contributed by atoms with E-state index in [0.717, 1.165) is 0 Å². The Morgan fingerprint density at radius 2 is 2.19 bits per heavy atom. The summed E-state index contributed by atoms with van der Waals surface area (Å²) in [5, 5.41) is 20.0. The first-order chi connectivity index (χ1) is 10.1. The van der Waals surface area contributed by atoms with Gasteiger partial charge in [0.2, 0.25) is 0 Å². The molecule has 1 aliphatic rings. The molecule has 3 heterocycles. The Balaban J connectivity index is 1.92. The number of hydrogen-bond donors (Lipinski definition) is 3. The molecule has 21 heavy (non-hydrogen) atoms. The molecular formula is C11H13N5O5. The fourth-order valence-electron chi connectivity index (χ4n) is 2.29. The van der Waals surface area contributed by atoms with Crippen LogP contribution in [0.15, 0.2) is 12.7 Å². The number of imidazole rings is 1. The molecule has 3 rings (SSSR count). The molecule has 0 aliphatic carbocycles. The Morgan fingerprint density at radius 1 is 1.38 bits per heavy atom. The maximum Gasteiger partial charge on any atom is 0.293 e. The number of ether oxygens (including phenoxy) is 2. The third-order valence-corrected chi connectivity index (χ3v) is 3.33. The van der Waals surface area contributed by atoms with Crippen molar-refractivity contribution in [1.82, 2.24) is 19.5 Å². The lowest BCUT2D eigenvalue weighted by Crippen LogP contribution is -2.33. The average Bonchev–Trinajstić information content (AvgIpc) is 3.02. The summed E-state index contributed by atoms with van der Waals surface area (Å²) in [6.45, 7) is 0.0817. The van der Waals surface area contributed by atoms with Crippen LogP contribution in [0.2, 0.25) is 0 Å². The maximum absolute atomic E-state index is 10.2. The van der Waals surface area contributed by atoms with Gasteiger partial charge in [-0.1, -0.05) is 0 Å². The predicted molar refractivity (Wildman–Crippen MR) is 67.7 cm³/mol. The van der Waals surface area contributed by atoms with Crippen LogP contribution in [-0.4, -0.2) is 61.1 Å². The average molecular weight is 295 g/mol. The van der Waals surface area contributed by atoms with Crippen molar-refractivity contribution >= 4 is 23.5 Å². The number of hydrogen-bond acceptors (Lipinski definition) is 9. The van der Waals surface area contributed by atoms with Crippen molar-refractivity contribution in [2.75, 3.05) is 12.3 Å². The Morgan fingerprint density at radius 3 is 2.95 bits per heavy atom. The van der Waals surface area contributed by atoms with Crippen LogP contribution in [0, 0.1) is 0 Å². The lowest BCUT2D eigenvalue weighted by Gasteiger charge is -2.16. The molecule has 10 heteroatoms. The van der Waals surface area contributed by atoms with E-state index in [1.54, 1.807) is 0 Å². The summed E-state index contributed by atoms with van der Waals surface area (Å²) in [5.74, 6) is 0.202. The zero-order chi connectivity index (χ0) is 15.0. The molecule has 112 valence electrons. The molecule has 4 atom stereocenters. The number of rotatable bonds is 4. The second-order valence-corrected chi connectivity index (χ2v) is 4.56. The number of nitrogen functional groups attached to an aromatic ring is 1. The SMILES string of the molecule is Nc1ncnc2c1ncn2[C@@H]1O[C@@H](COC=O)[C@@H](O)[C@@H]1O. The highest BCUT2D eigenvalue weighted by Gasteiger charge is 2.44. The molecule has 4 N–H and O–H groups in total. The molecule has 10 nitrogen and oxygen atoms in total. The van der Waals surface area contributed by atoms with Crippen LogP contribution in [0.3, 0.4) is 0 Å². The van der Waals surface area contributed by atoms with Gasteiger partial charge in [0.15, 0.2) is 17.7 Å². The predicted octanol–water partition coefficient (Wildman–Crippen LogP) is -1.80. The molecule has 0 aromatic carbocycles. The minimum atomic E-state index is -1.22. The Hall–Kier alpha value is -2.30. The van der Waals surface area contributed by atoms with Gasteiger partial charge in [0.05, 0.1) is 6.33 Å². The minimum Gasteiger partial charge on any atom is -0.465 e. The van der Waals surface area contributed by atoms with Gasteiger partial charge in [-0.2, -0.15) is 0 Å². The highest BCUT2D eigenvalue weighted by molar-refractivity contribution is 5.81. The van der Waals surface area contributed by atoms with Crippen LogP contribution < -0.4 is 5.73 Å². The highest BCUT2D eigenvalue weighted by Crippen LogP contribution is 2.31. The summed E-state index contributed by atoms with van der Waals surface area (Å²) >= 11 is 0. The van der Waals surface area contributed by atoms with E-state index in [9.17, 15) is 15.0 Å². The lowest BCUT2D eigenvalue weighted by atomic mass is 10.1. The Labute approximate surface area is 118 Å². The zero-order valence-electron chi connectivity index (χ0n) is 10.7. The van der Waals surface area contributed by atoms with Crippen molar-refractivity contribution < 1.29 is 24.5 Å². The van der Waals surface area contributed by atoms with Gasteiger partial charge in [-0.25, -0.2) is 15.0 Å². The van der Waals surface area contributed by atoms with Crippen molar-refractivity contribution in [3.8, 4) is 0 Å². The van der Waals surface area contributed by atoms with Crippen LogP contribution in [0.5, 0.6) is 0 Å². The number of aliphatic hydroxyl groups is 2. The molecule has 0 spiro atoms. The number of aromatic nitrogens is 4. The number of nitrogens with two attached hydrogens (primary N) is 1. The third-order valence-electron chi connectivity index (χ3n) is 3.33. The molecule has 0 bridgehead atoms. The molecule has 0 radical (unpaired) electrons. The van der Waals surface area contributed by atoms with Gasteiger partial charge >= 0.3 is 0 Å². The fraction of sp³-hybridized carbons (Fsp3) is 0.455. The second kappa shape index (κ2) is 5.24. The van der Waals surface area contributed by atoms with E-state index in [1.165, 1.54) is 17.2 Å². The van der Waals surface area contributed by atoms with Crippen LogP contribution in [0.25, 0.3) is 11.2 Å². The maximum atomic E-state index is 10.2. The zero-order valence-corrected chi connectivity index (χ0v) is 10.7. The first kappa shape index (κ1) is 13.7. The van der Waals surface area contributed by atoms with Crippen molar-refractivity contribution in [3.05, 3.63) is 12.7 Å². The van der Waals surface area contributed by atoms with E-state index >= 15 is 0 Å². The van der Waals surface area contributed by atoms with Crippen molar-refractivity contribution in [1.29, 1.82) is 0 Å². The first-order valence-electron chi connectivity index (χ1n) is 6.13. The van der Waals surface area contributed by atoms with E-state index in [-0.39, 0.29) is 18.9 Å². The molecule has 0 unspecified atom stereocenters. The van der Waals surface area contributed by atoms with Gasteiger partial charge < -0.3 is 25.4 Å². The van der Waals surface area contributed by atoms with Gasteiger partial charge in [0.25, 0.3) is 6.47 Å². The molecule has 0 amide bonds. The van der Waals surface area contributed by atoms with Crippen molar-refractivity contribution in [2.45, 2.75) is 24.5 Å². The van der Waals surface area contributed by atoms with E-state index < -0.39 is 24.5 Å². The van der Waals surface area contributed by atoms with Gasteiger partial charge in [0.1, 0.15) is 36.8 Å². The number of aliphatic hydroxyl groups excluding tert-OH is 2. The highest BCUT2D eigenvalue weighted by atomic mass is 16.6. The van der Waals surface area contributed by atoms with E-state index in [0.29, 0.717) is 11.2 Å². The Bertz CT molecular complexity index is 661. The second-order valence-electron chi connectivity index (χ2n) is 4.56. The topological polar surface area (TPSA) is 146 Å². The quantitative estimate of drug-likeness (QED) is 0.556. The number of carbonyl (C=O) groups excluding carboxylic acids is 1. The molecule has 1 aliphatic heterocycles. The van der Waals surface area contributed by atoms with Crippen LogP contribution in [0.4, 0.5) is 5.82 Å². The third kappa shape index (κ3) is 2.18. The number of nitrogens with zero attached hydrogens (tertiary/aromatic N) is 4. The van der Waals surface area contributed by atoms with Crippen molar-refractivity contribution in [2.24, 2.45) is 0 Å². The van der Waals surface area contributed by atoms with Crippen molar-refractivity contribution in [3.63, 3.8) is 0 Å². The molecular weight excluding hydrogens is 282 g/mol. The van der Waals surface area contributed by atoms with Gasteiger partial charge in [0, 0.05) is 0 Å². The smallest absolute Gasteiger partial charge is 0.293 e. The van der Waals surface area contributed by atoms with E-state index in [1.807, 2.05) is 0 Å². The molecule has 2 aromatic rings. The first-order valence-corrected chi connectivity index (χ1v) is 6.13. The van der Waals surface area contributed by atoms with E-state index in [2.05, 4.69) is 19.7 Å².